The molecule has 0 aliphatic rings. The Balaban J connectivity index is 2.08. The summed E-state index contributed by atoms with van der Waals surface area (Å²) in [5.74, 6) is 0. The highest BCUT2D eigenvalue weighted by molar-refractivity contribution is 7.99. The van der Waals surface area contributed by atoms with Crippen molar-refractivity contribution in [1.82, 2.24) is 4.98 Å². The number of pyridine rings is 1. The summed E-state index contributed by atoms with van der Waals surface area (Å²) in [4.78, 5) is 4.66. The summed E-state index contributed by atoms with van der Waals surface area (Å²) in [5, 5.41) is 10.2. The molecule has 2 nitrogen and oxygen atoms in total. The fraction of sp³-hybridized carbons (Fsp3) is 0.267. The molecule has 1 heterocycles. The number of benzene rings is 1. The molecule has 0 bridgehead atoms. The van der Waals surface area contributed by atoms with Crippen LogP contribution in [-0.4, -0.2) is 10.1 Å². The van der Waals surface area contributed by atoms with Crippen molar-refractivity contribution in [1.29, 1.82) is 0 Å². The minimum absolute atomic E-state index is 0.492. The van der Waals surface area contributed by atoms with E-state index in [0.717, 1.165) is 22.7 Å². The molecule has 112 valence electrons. The van der Waals surface area contributed by atoms with Gasteiger partial charge in [-0.05, 0) is 36.2 Å². The molecule has 0 saturated heterocycles. The van der Waals surface area contributed by atoms with E-state index in [1.165, 1.54) is 17.8 Å². The molecule has 1 aromatic carbocycles. The third-order valence-corrected chi connectivity index (χ3v) is 3.90. The van der Waals surface area contributed by atoms with Gasteiger partial charge in [-0.25, -0.2) is 4.98 Å². The summed E-state index contributed by atoms with van der Waals surface area (Å²) in [6.45, 7) is 1.89. The van der Waals surface area contributed by atoms with Gasteiger partial charge >= 0.3 is 6.18 Å². The highest BCUT2D eigenvalue weighted by Crippen LogP contribution is 2.32. The van der Waals surface area contributed by atoms with E-state index < -0.39 is 17.8 Å². The second-order valence-electron chi connectivity index (χ2n) is 4.48. The van der Waals surface area contributed by atoms with Crippen LogP contribution in [0.2, 0.25) is 0 Å². The molecule has 0 radical (unpaired) electrons. The van der Waals surface area contributed by atoms with Gasteiger partial charge < -0.3 is 5.11 Å². The summed E-state index contributed by atoms with van der Waals surface area (Å²) < 4.78 is 37.3. The van der Waals surface area contributed by atoms with Crippen LogP contribution in [0.4, 0.5) is 13.2 Å². The molecule has 0 aliphatic carbocycles. The maximum Gasteiger partial charge on any atom is 0.417 e. The quantitative estimate of drug-likeness (QED) is 0.888. The monoisotopic (exact) mass is 313 g/mol. The number of rotatable bonds is 4. The van der Waals surface area contributed by atoms with Crippen LogP contribution in [0, 0.1) is 0 Å². The zero-order valence-corrected chi connectivity index (χ0v) is 12.1. The lowest BCUT2D eigenvalue weighted by molar-refractivity contribution is -0.137. The highest BCUT2D eigenvalue weighted by Gasteiger charge is 2.30. The van der Waals surface area contributed by atoms with Crippen LogP contribution in [0.15, 0.2) is 52.5 Å². The Kier molecular flexibility index (Phi) is 4.90. The van der Waals surface area contributed by atoms with Crippen molar-refractivity contribution in [3.63, 3.8) is 0 Å². The fourth-order valence-corrected chi connectivity index (χ4v) is 2.48. The van der Waals surface area contributed by atoms with E-state index in [-0.39, 0.29) is 0 Å². The first-order valence-corrected chi connectivity index (χ1v) is 7.21. The number of alkyl halides is 3. The van der Waals surface area contributed by atoms with Gasteiger partial charge in [0.15, 0.2) is 0 Å². The average molecular weight is 313 g/mol. The van der Waals surface area contributed by atoms with E-state index in [1.807, 2.05) is 19.1 Å². The summed E-state index contributed by atoms with van der Waals surface area (Å²) in [5.41, 5.74) is 0.0653. The standard InChI is InChI=1S/C15H14F3NOS/c1-2-13(20)10-3-6-12(7-4-10)21-14-8-5-11(9-19-14)15(16,17)18/h3-9,13,20H,2H2,1H3. The van der Waals surface area contributed by atoms with Crippen LogP contribution in [0.25, 0.3) is 0 Å². The second-order valence-corrected chi connectivity index (χ2v) is 5.57. The number of hydrogen-bond acceptors (Lipinski definition) is 3. The number of nitrogens with zero attached hydrogens (tertiary/aromatic N) is 1. The van der Waals surface area contributed by atoms with Crippen molar-refractivity contribution < 1.29 is 18.3 Å². The Bertz CT molecular complexity index is 581. The van der Waals surface area contributed by atoms with Gasteiger partial charge in [0.05, 0.1) is 11.7 Å². The molecule has 2 rings (SSSR count). The number of aliphatic hydroxyl groups is 1. The molecule has 1 unspecified atom stereocenters. The summed E-state index contributed by atoms with van der Waals surface area (Å²) in [6, 6.07) is 9.62. The predicted octanol–water partition coefficient (Wildman–Crippen LogP) is 4.70. The van der Waals surface area contributed by atoms with Crippen molar-refractivity contribution in [2.24, 2.45) is 0 Å². The van der Waals surface area contributed by atoms with E-state index in [0.29, 0.717) is 11.4 Å². The van der Waals surface area contributed by atoms with Crippen LogP contribution >= 0.6 is 11.8 Å². The molecule has 0 amide bonds. The number of aliphatic hydroxyl groups excluding tert-OH is 1. The van der Waals surface area contributed by atoms with Crippen molar-refractivity contribution in [3.8, 4) is 0 Å². The lowest BCUT2D eigenvalue weighted by Crippen LogP contribution is -2.04. The normalized spacial score (nSPS) is 13.2. The van der Waals surface area contributed by atoms with Crippen molar-refractivity contribution in [2.45, 2.75) is 35.5 Å². The summed E-state index contributed by atoms with van der Waals surface area (Å²) in [7, 11) is 0. The molecule has 1 aromatic heterocycles. The van der Waals surface area contributed by atoms with Crippen molar-refractivity contribution in [3.05, 3.63) is 53.7 Å². The van der Waals surface area contributed by atoms with Gasteiger partial charge in [-0.3, -0.25) is 0 Å². The molecule has 6 heteroatoms. The van der Waals surface area contributed by atoms with Crippen LogP contribution in [0.5, 0.6) is 0 Å². The van der Waals surface area contributed by atoms with E-state index in [1.54, 1.807) is 12.1 Å². The second kappa shape index (κ2) is 6.49. The summed E-state index contributed by atoms with van der Waals surface area (Å²) in [6.07, 6.45) is -3.40. The molecule has 2 aromatic rings. The lowest BCUT2D eigenvalue weighted by Gasteiger charge is -2.09. The maximum absolute atomic E-state index is 12.4. The molecule has 1 N–H and O–H groups in total. The molecule has 0 fully saturated rings. The minimum Gasteiger partial charge on any atom is -0.388 e. The van der Waals surface area contributed by atoms with Crippen molar-refractivity contribution >= 4 is 11.8 Å². The van der Waals surface area contributed by atoms with E-state index in [2.05, 4.69) is 4.98 Å². The maximum atomic E-state index is 12.4. The van der Waals surface area contributed by atoms with Gasteiger partial charge in [0.2, 0.25) is 0 Å². The Hall–Kier alpha value is -1.53. The van der Waals surface area contributed by atoms with Gasteiger partial charge in [0.1, 0.15) is 5.03 Å². The Morgan fingerprint density at radius 2 is 1.81 bits per heavy atom. The van der Waals surface area contributed by atoms with Crippen LogP contribution in [0.3, 0.4) is 0 Å². The molecule has 0 spiro atoms. The fourth-order valence-electron chi connectivity index (χ4n) is 1.72. The predicted molar refractivity (Wildman–Crippen MR) is 75.1 cm³/mol. The Morgan fingerprint density at radius 3 is 2.29 bits per heavy atom. The highest BCUT2D eigenvalue weighted by atomic mass is 32.2. The topological polar surface area (TPSA) is 33.1 Å². The van der Waals surface area contributed by atoms with Gasteiger partial charge in [0.25, 0.3) is 0 Å². The molecule has 0 aliphatic heterocycles. The zero-order valence-electron chi connectivity index (χ0n) is 11.3. The molecule has 21 heavy (non-hydrogen) atoms. The Labute approximate surface area is 125 Å². The number of aromatic nitrogens is 1. The average Bonchev–Trinajstić information content (AvgIpc) is 2.47. The third kappa shape index (κ3) is 4.22. The Morgan fingerprint density at radius 1 is 1.14 bits per heavy atom. The van der Waals surface area contributed by atoms with E-state index in [4.69, 9.17) is 0 Å². The SMILES string of the molecule is CCC(O)c1ccc(Sc2ccc(C(F)(F)F)cn2)cc1. The molecule has 1 atom stereocenters. The van der Waals surface area contributed by atoms with E-state index in [9.17, 15) is 18.3 Å². The minimum atomic E-state index is -4.37. The largest absolute Gasteiger partial charge is 0.417 e. The van der Waals surface area contributed by atoms with Crippen LogP contribution in [-0.2, 0) is 6.18 Å². The van der Waals surface area contributed by atoms with Gasteiger partial charge in [0, 0.05) is 11.1 Å². The number of hydrogen-bond donors (Lipinski definition) is 1. The van der Waals surface area contributed by atoms with Gasteiger partial charge in [-0.2, -0.15) is 13.2 Å². The molecular formula is C15H14F3NOS. The van der Waals surface area contributed by atoms with Gasteiger partial charge in [-0.15, -0.1) is 0 Å². The van der Waals surface area contributed by atoms with Crippen molar-refractivity contribution in [2.75, 3.05) is 0 Å². The third-order valence-electron chi connectivity index (χ3n) is 2.94. The lowest BCUT2D eigenvalue weighted by atomic mass is 10.1. The van der Waals surface area contributed by atoms with Crippen LogP contribution < -0.4 is 0 Å². The molecular weight excluding hydrogens is 299 g/mol. The summed E-state index contributed by atoms with van der Waals surface area (Å²) >= 11 is 1.27. The van der Waals surface area contributed by atoms with Gasteiger partial charge in [-0.1, -0.05) is 30.8 Å². The molecule has 0 saturated carbocycles. The first kappa shape index (κ1) is 15.9. The smallest absolute Gasteiger partial charge is 0.388 e. The zero-order chi connectivity index (χ0) is 15.5. The first-order chi connectivity index (χ1) is 9.90. The van der Waals surface area contributed by atoms with E-state index >= 15 is 0 Å². The van der Waals surface area contributed by atoms with Crippen LogP contribution in [0.1, 0.15) is 30.6 Å². The number of halogens is 3. The first-order valence-electron chi connectivity index (χ1n) is 6.39.